The Labute approximate surface area is 152 Å². The van der Waals surface area contributed by atoms with Gasteiger partial charge in [0.25, 0.3) is 10.0 Å². The predicted octanol–water partition coefficient (Wildman–Crippen LogP) is 2.15. The fraction of sp³-hybridized carbons (Fsp3) is 0.562. The first-order valence-corrected chi connectivity index (χ1v) is 9.76. The van der Waals surface area contributed by atoms with Crippen LogP contribution in [-0.2, 0) is 27.8 Å². The van der Waals surface area contributed by atoms with Gasteiger partial charge in [-0.25, -0.2) is 4.79 Å². The minimum absolute atomic E-state index is 0.0592. The molecule has 0 fully saturated rings. The first-order chi connectivity index (χ1) is 12.0. The van der Waals surface area contributed by atoms with Gasteiger partial charge in [-0.1, -0.05) is 0 Å². The number of carbonyl (C=O) groups excluding carboxylic acids is 1. The molecule has 0 saturated heterocycles. The number of amides is 1. The molecule has 2 aromatic heterocycles. The van der Waals surface area contributed by atoms with Gasteiger partial charge in [-0.05, 0) is 34.6 Å². The van der Waals surface area contributed by atoms with Crippen LogP contribution in [0.3, 0.4) is 0 Å². The molecule has 0 N–H and O–H groups in total. The second-order valence-electron chi connectivity index (χ2n) is 7.56. The van der Waals surface area contributed by atoms with Gasteiger partial charge in [-0.2, -0.15) is 22.7 Å². The van der Waals surface area contributed by atoms with Crippen molar-refractivity contribution in [3.8, 4) is 0 Å². The Balaban J connectivity index is 1.78. The Kier molecular flexibility index (Phi) is 4.33. The summed E-state index contributed by atoms with van der Waals surface area (Å²) in [4.78, 5) is 13.7. The van der Waals surface area contributed by atoms with Gasteiger partial charge < -0.3 is 4.74 Å². The molecule has 9 nitrogen and oxygen atoms in total. The van der Waals surface area contributed by atoms with Crippen LogP contribution in [0.25, 0.3) is 0 Å². The lowest BCUT2D eigenvalue weighted by molar-refractivity contribution is 0.0239. The van der Waals surface area contributed by atoms with Crippen molar-refractivity contribution < 1.29 is 17.9 Å². The minimum atomic E-state index is -3.81. The zero-order valence-electron chi connectivity index (χ0n) is 15.5. The van der Waals surface area contributed by atoms with E-state index in [2.05, 4.69) is 10.2 Å². The number of nitrogens with zero attached hydrogens (tertiary/aromatic N) is 5. The van der Waals surface area contributed by atoms with Crippen molar-refractivity contribution in [2.45, 2.75) is 64.2 Å². The quantitative estimate of drug-likeness (QED) is 0.808. The SMILES string of the molecule is CC(C)n1cc(S(=O)(=O)n2cc3c(n2)CN(C(=O)OC(C)(C)C)C3)cn1. The molecule has 0 bridgehead atoms. The summed E-state index contributed by atoms with van der Waals surface area (Å²) in [6.45, 7) is 9.70. The Bertz CT molecular complexity index is 913. The summed E-state index contributed by atoms with van der Waals surface area (Å²) in [7, 11) is -3.81. The smallest absolute Gasteiger partial charge is 0.410 e. The summed E-state index contributed by atoms with van der Waals surface area (Å²) in [5.41, 5.74) is 0.656. The minimum Gasteiger partial charge on any atom is -0.444 e. The third-order valence-corrected chi connectivity index (χ3v) is 5.35. The maximum absolute atomic E-state index is 12.7. The van der Waals surface area contributed by atoms with Gasteiger partial charge in [0.1, 0.15) is 10.5 Å². The van der Waals surface area contributed by atoms with Crippen LogP contribution in [0.4, 0.5) is 4.79 Å². The first kappa shape index (κ1) is 18.4. The molecule has 1 amide bonds. The van der Waals surface area contributed by atoms with Crippen molar-refractivity contribution in [1.82, 2.24) is 23.9 Å². The fourth-order valence-electron chi connectivity index (χ4n) is 2.55. The van der Waals surface area contributed by atoms with Crippen molar-refractivity contribution in [3.05, 3.63) is 29.8 Å². The number of aromatic nitrogens is 4. The molecule has 1 aliphatic heterocycles. The average Bonchev–Trinajstić information content (AvgIpc) is 3.19. The summed E-state index contributed by atoms with van der Waals surface area (Å²) in [6, 6.07) is 0.0592. The van der Waals surface area contributed by atoms with E-state index in [1.54, 1.807) is 25.5 Å². The highest BCUT2D eigenvalue weighted by Crippen LogP contribution is 2.25. The zero-order chi connectivity index (χ0) is 19.3. The molecule has 0 saturated carbocycles. The molecule has 142 valence electrons. The van der Waals surface area contributed by atoms with E-state index in [9.17, 15) is 13.2 Å². The second-order valence-corrected chi connectivity index (χ2v) is 9.36. The van der Waals surface area contributed by atoms with Gasteiger partial charge in [0, 0.05) is 24.0 Å². The Hall–Kier alpha value is -2.36. The molecule has 2 aromatic rings. The molecule has 0 unspecified atom stereocenters. The van der Waals surface area contributed by atoms with Crippen LogP contribution in [0.2, 0.25) is 0 Å². The number of hydrogen-bond donors (Lipinski definition) is 0. The summed E-state index contributed by atoms with van der Waals surface area (Å²) in [5, 5.41) is 8.23. The van der Waals surface area contributed by atoms with Crippen molar-refractivity contribution in [2.75, 3.05) is 0 Å². The van der Waals surface area contributed by atoms with Crippen LogP contribution in [0, 0.1) is 0 Å². The number of hydrogen-bond acceptors (Lipinski definition) is 6. The van der Waals surface area contributed by atoms with Gasteiger partial charge in [0.05, 0.1) is 25.0 Å². The third kappa shape index (κ3) is 3.46. The van der Waals surface area contributed by atoms with Crippen LogP contribution in [0.1, 0.15) is 51.9 Å². The average molecular weight is 381 g/mol. The van der Waals surface area contributed by atoms with E-state index in [0.717, 1.165) is 4.09 Å². The van der Waals surface area contributed by atoms with Crippen LogP contribution < -0.4 is 0 Å². The molecule has 3 rings (SSSR count). The lowest BCUT2D eigenvalue weighted by atomic mass is 10.2. The van der Waals surface area contributed by atoms with E-state index in [-0.39, 0.29) is 24.0 Å². The predicted molar refractivity (Wildman–Crippen MR) is 92.9 cm³/mol. The van der Waals surface area contributed by atoms with Crippen LogP contribution in [0.5, 0.6) is 0 Å². The van der Waals surface area contributed by atoms with Crippen LogP contribution >= 0.6 is 0 Å². The second kappa shape index (κ2) is 6.11. The van der Waals surface area contributed by atoms with E-state index in [4.69, 9.17) is 4.74 Å². The molecule has 0 aromatic carbocycles. The van der Waals surface area contributed by atoms with E-state index in [1.165, 1.54) is 23.5 Å². The lowest BCUT2D eigenvalue weighted by Gasteiger charge is -2.24. The summed E-state index contributed by atoms with van der Waals surface area (Å²) in [6.07, 6.45) is 3.81. The van der Waals surface area contributed by atoms with E-state index in [0.29, 0.717) is 11.3 Å². The van der Waals surface area contributed by atoms with Crippen molar-refractivity contribution in [3.63, 3.8) is 0 Å². The highest BCUT2D eigenvalue weighted by atomic mass is 32.2. The van der Waals surface area contributed by atoms with Crippen LogP contribution in [0.15, 0.2) is 23.5 Å². The van der Waals surface area contributed by atoms with E-state index in [1.807, 2.05) is 13.8 Å². The summed E-state index contributed by atoms with van der Waals surface area (Å²) < 4.78 is 33.3. The highest BCUT2D eigenvalue weighted by molar-refractivity contribution is 7.89. The van der Waals surface area contributed by atoms with Crippen molar-refractivity contribution >= 4 is 16.1 Å². The molecule has 1 aliphatic rings. The molecular weight excluding hydrogens is 358 g/mol. The van der Waals surface area contributed by atoms with Gasteiger partial charge in [-0.15, -0.1) is 0 Å². The molecule has 0 aliphatic carbocycles. The topological polar surface area (TPSA) is 99.3 Å². The monoisotopic (exact) mass is 381 g/mol. The molecule has 0 atom stereocenters. The van der Waals surface area contributed by atoms with Gasteiger partial charge in [-0.3, -0.25) is 9.58 Å². The maximum atomic E-state index is 12.7. The number of rotatable bonds is 3. The van der Waals surface area contributed by atoms with Gasteiger partial charge in [0.15, 0.2) is 0 Å². The molecule has 3 heterocycles. The molecule has 26 heavy (non-hydrogen) atoms. The Morgan fingerprint density at radius 3 is 2.46 bits per heavy atom. The standard InChI is InChI=1S/C16H23N5O4S/c1-11(2)20-9-13(6-17-20)26(23,24)21-8-12-7-19(10-14(12)18-21)15(22)25-16(3,4)5/h6,8-9,11H,7,10H2,1-5H3. The van der Waals surface area contributed by atoms with Crippen molar-refractivity contribution in [2.24, 2.45) is 0 Å². The molecule has 10 heteroatoms. The highest BCUT2D eigenvalue weighted by Gasteiger charge is 2.32. The van der Waals surface area contributed by atoms with Crippen LogP contribution in [-0.4, -0.2) is 44.0 Å². The summed E-state index contributed by atoms with van der Waals surface area (Å²) >= 11 is 0. The first-order valence-electron chi connectivity index (χ1n) is 8.32. The van der Waals surface area contributed by atoms with Gasteiger partial charge >= 0.3 is 6.09 Å². The van der Waals surface area contributed by atoms with Crippen molar-refractivity contribution in [1.29, 1.82) is 0 Å². The fourth-order valence-corrected chi connectivity index (χ4v) is 3.66. The number of fused-ring (bicyclic) bond motifs is 1. The number of ether oxygens (including phenoxy) is 1. The normalized spacial score (nSPS) is 14.8. The largest absolute Gasteiger partial charge is 0.444 e. The molecular formula is C16H23N5O4S. The van der Waals surface area contributed by atoms with E-state index >= 15 is 0 Å². The maximum Gasteiger partial charge on any atom is 0.410 e. The van der Waals surface area contributed by atoms with Gasteiger partial charge in [0.2, 0.25) is 0 Å². The molecule has 0 spiro atoms. The zero-order valence-corrected chi connectivity index (χ0v) is 16.3. The molecule has 0 radical (unpaired) electrons. The lowest BCUT2D eigenvalue weighted by Crippen LogP contribution is -2.33. The van der Waals surface area contributed by atoms with E-state index < -0.39 is 21.7 Å². The summed E-state index contributed by atoms with van der Waals surface area (Å²) in [5.74, 6) is 0. The Morgan fingerprint density at radius 1 is 1.23 bits per heavy atom. The Morgan fingerprint density at radius 2 is 1.92 bits per heavy atom. The third-order valence-electron chi connectivity index (χ3n) is 3.86. The number of carbonyl (C=O) groups is 1.